The maximum absolute atomic E-state index is 4.91. The first-order chi connectivity index (χ1) is 10.1. The summed E-state index contributed by atoms with van der Waals surface area (Å²) in [5.74, 6) is 0. The number of nitrogens with one attached hydrogen (secondary N) is 1. The van der Waals surface area contributed by atoms with Crippen LogP contribution in [0.1, 0.15) is 50.2 Å². The summed E-state index contributed by atoms with van der Waals surface area (Å²) in [7, 11) is 0. The van der Waals surface area contributed by atoms with E-state index in [1.807, 2.05) is 29.8 Å². The predicted molar refractivity (Wildman–Crippen MR) is 88.5 cm³/mol. The van der Waals surface area contributed by atoms with E-state index >= 15 is 0 Å². The Morgan fingerprint density at radius 3 is 3.00 bits per heavy atom. The fraction of sp³-hybridized carbons (Fsp3) is 0.529. The molecule has 0 bridgehead atoms. The third-order valence-corrected chi connectivity index (χ3v) is 5.26. The highest BCUT2D eigenvalue weighted by Crippen LogP contribution is 2.44. The van der Waals surface area contributed by atoms with Gasteiger partial charge in [0.15, 0.2) is 0 Å². The maximum atomic E-state index is 4.91. The van der Waals surface area contributed by atoms with Crippen LogP contribution in [0.5, 0.6) is 0 Å². The van der Waals surface area contributed by atoms with E-state index < -0.39 is 0 Å². The number of hydrogen-bond donors (Lipinski definition) is 1. The van der Waals surface area contributed by atoms with E-state index in [9.17, 15) is 0 Å². The molecule has 2 aromatic rings. The Kier molecular flexibility index (Phi) is 4.09. The summed E-state index contributed by atoms with van der Waals surface area (Å²) in [6, 6.07) is 4.52. The zero-order valence-corrected chi connectivity index (χ0v) is 13.8. The van der Waals surface area contributed by atoms with E-state index in [0.717, 1.165) is 23.5 Å². The van der Waals surface area contributed by atoms with E-state index in [-0.39, 0.29) is 0 Å². The van der Waals surface area contributed by atoms with Crippen molar-refractivity contribution in [2.75, 3.05) is 6.54 Å². The summed E-state index contributed by atoms with van der Waals surface area (Å²) in [5.41, 5.74) is 2.73. The summed E-state index contributed by atoms with van der Waals surface area (Å²) in [6.45, 7) is 7.98. The van der Waals surface area contributed by atoms with Crippen LogP contribution in [0.15, 0.2) is 24.5 Å². The van der Waals surface area contributed by atoms with Gasteiger partial charge in [0.1, 0.15) is 5.01 Å². The molecule has 0 spiro atoms. The van der Waals surface area contributed by atoms with Gasteiger partial charge in [0, 0.05) is 28.9 Å². The van der Waals surface area contributed by atoms with Gasteiger partial charge in [0.2, 0.25) is 0 Å². The van der Waals surface area contributed by atoms with Crippen LogP contribution in [0.2, 0.25) is 0 Å². The van der Waals surface area contributed by atoms with Crippen molar-refractivity contribution < 1.29 is 0 Å². The van der Waals surface area contributed by atoms with Crippen LogP contribution in [0, 0.1) is 5.41 Å². The molecule has 0 radical (unpaired) electrons. The molecule has 1 atom stereocenters. The molecular formula is C17H23N3S. The molecule has 2 aromatic heterocycles. The molecule has 1 aliphatic carbocycles. The minimum atomic E-state index is 0.318. The smallest absolute Gasteiger partial charge is 0.125 e. The molecule has 4 heteroatoms. The Hall–Kier alpha value is -1.26. The van der Waals surface area contributed by atoms with Gasteiger partial charge in [-0.15, -0.1) is 11.3 Å². The molecule has 21 heavy (non-hydrogen) atoms. The minimum Gasteiger partial charge on any atom is -0.309 e. The third-order valence-electron chi connectivity index (χ3n) is 4.00. The number of fused-ring (bicyclic) bond motifs is 1. The Labute approximate surface area is 130 Å². The molecule has 1 N–H and O–H groups in total. The van der Waals surface area contributed by atoms with Gasteiger partial charge in [-0.1, -0.05) is 20.8 Å². The molecule has 1 aliphatic rings. The fourth-order valence-corrected chi connectivity index (χ4v) is 4.18. The molecule has 112 valence electrons. The number of hydrogen-bond acceptors (Lipinski definition) is 4. The summed E-state index contributed by atoms with van der Waals surface area (Å²) in [4.78, 5) is 10.6. The first kappa shape index (κ1) is 14.7. The molecule has 0 saturated heterocycles. The van der Waals surface area contributed by atoms with Gasteiger partial charge in [-0.25, -0.2) is 4.98 Å². The van der Waals surface area contributed by atoms with Crippen LogP contribution in [0.25, 0.3) is 10.6 Å². The van der Waals surface area contributed by atoms with E-state index in [1.165, 1.54) is 23.4 Å². The van der Waals surface area contributed by atoms with Crippen molar-refractivity contribution in [3.05, 3.63) is 35.1 Å². The summed E-state index contributed by atoms with van der Waals surface area (Å²) < 4.78 is 0. The van der Waals surface area contributed by atoms with E-state index in [0.29, 0.717) is 11.5 Å². The average Bonchev–Trinajstić information content (AvgIpc) is 2.88. The molecule has 0 saturated carbocycles. The van der Waals surface area contributed by atoms with Crippen molar-refractivity contribution in [2.45, 2.75) is 46.1 Å². The van der Waals surface area contributed by atoms with Gasteiger partial charge >= 0.3 is 0 Å². The number of nitrogens with zero attached hydrogens (tertiary/aromatic N) is 2. The lowest BCUT2D eigenvalue weighted by molar-refractivity contribution is 0.258. The van der Waals surface area contributed by atoms with Crippen molar-refractivity contribution in [1.29, 1.82) is 0 Å². The zero-order valence-electron chi connectivity index (χ0n) is 13.0. The molecule has 1 unspecified atom stereocenters. The fourth-order valence-electron chi connectivity index (χ4n) is 3.03. The Morgan fingerprint density at radius 2 is 2.29 bits per heavy atom. The molecular weight excluding hydrogens is 278 g/mol. The van der Waals surface area contributed by atoms with E-state index in [1.54, 1.807) is 0 Å². The zero-order chi connectivity index (χ0) is 14.9. The summed E-state index contributed by atoms with van der Waals surface area (Å²) in [6.07, 6.45) is 7.15. The second-order valence-electron chi connectivity index (χ2n) is 6.62. The first-order valence-electron chi connectivity index (χ1n) is 7.72. The van der Waals surface area contributed by atoms with Crippen molar-refractivity contribution >= 4 is 11.3 Å². The van der Waals surface area contributed by atoms with Crippen LogP contribution in [-0.4, -0.2) is 16.5 Å². The molecule has 3 rings (SSSR count). The van der Waals surface area contributed by atoms with E-state index in [4.69, 9.17) is 4.98 Å². The molecule has 0 aromatic carbocycles. The number of thiazole rings is 1. The van der Waals surface area contributed by atoms with Crippen LogP contribution >= 0.6 is 11.3 Å². The van der Waals surface area contributed by atoms with Crippen LogP contribution in [-0.2, 0) is 6.42 Å². The lowest BCUT2D eigenvalue weighted by Gasteiger charge is -2.34. The van der Waals surface area contributed by atoms with Crippen LogP contribution < -0.4 is 5.32 Å². The van der Waals surface area contributed by atoms with Crippen LogP contribution in [0.4, 0.5) is 0 Å². The second kappa shape index (κ2) is 5.85. The van der Waals surface area contributed by atoms with Crippen LogP contribution in [0.3, 0.4) is 0 Å². The maximum Gasteiger partial charge on any atom is 0.125 e. The minimum absolute atomic E-state index is 0.318. The Bertz CT molecular complexity index is 604. The average molecular weight is 301 g/mol. The number of aromatic nitrogens is 2. The number of rotatable bonds is 4. The molecule has 0 aliphatic heterocycles. The molecule has 0 fully saturated rings. The highest BCUT2D eigenvalue weighted by atomic mass is 32.1. The standard InChI is InChI=1S/C17H23N3S/c1-4-7-19-13-9-17(2,3)10-14-15(13)21-16(20-14)12-6-5-8-18-11-12/h5-6,8,11,13,19H,4,7,9-10H2,1-3H3. The quantitative estimate of drug-likeness (QED) is 0.919. The summed E-state index contributed by atoms with van der Waals surface area (Å²) in [5, 5.41) is 4.81. The lowest BCUT2D eigenvalue weighted by atomic mass is 9.76. The lowest BCUT2D eigenvalue weighted by Crippen LogP contribution is -2.33. The SMILES string of the molecule is CCCNC1CC(C)(C)Cc2nc(-c3cccnc3)sc21. The highest BCUT2D eigenvalue weighted by Gasteiger charge is 2.34. The largest absolute Gasteiger partial charge is 0.309 e. The van der Waals surface area contributed by atoms with Gasteiger partial charge in [-0.2, -0.15) is 0 Å². The number of pyridine rings is 1. The topological polar surface area (TPSA) is 37.8 Å². The van der Waals surface area contributed by atoms with Crippen molar-refractivity contribution in [1.82, 2.24) is 15.3 Å². The van der Waals surface area contributed by atoms with E-state index in [2.05, 4.69) is 37.1 Å². The molecule has 0 amide bonds. The third kappa shape index (κ3) is 3.16. The molecule has 2 heterocycles. The summed E-state index contributed by atoms with van der Waals surface area (Å²) >= 11 is 1.83. The van der Waals surface area contributed by atoms with Gasteiger partial charge < -0.3 is 5.32 Å². The van der Waals surface area contributed by atoms with Gasteiger partial charge in [0.05, 0.1) is 5.69 Å². The van der Waals surface area contributed by atoms with Crippen molar-refractivity contribution in [3.8, 4) is 10.6 Å². The highest BCUT2D eigenvalue weighted by molar-refractivity contribution is 7.15. The normalized spacial score (nSPS) is 20.2. The monoisotopic (exact) mass is 301 g/mol. The Morgan fingerprint density at radius 1 is 1.43 bits per heavy atom. The van der Waals surface area contributed by atoms with Gasteiger partial charge in [-0.3, -0.25) is 4.98 Å². The molecule has 3 nitrogen and oxygen atoms in total. The van der Waals surface area contributed by atoms with Crippen molar-refractivity contribution in [3.63, 3.8) is 0 Å². The Balaban J connectivity index is 1.95. The van der Waals surface area contributed by atoms with Gasteiger partial charge in [-0.05, 0) is 43.4 Å². The predicted octanol–water partition coefficient (Wildman–Crippen LogP) is 4.22. The van der Waals surface area contributed by atoms with Crippen molar-refractivity contribution in [2.24, 2.45) is 5.41 Å². The second-order valence-corrected chi connectivity index (χ2v) is 7.65. The first-order valence-corrected chi connectivity index (χ1v) is 8.54. The van der Waals surface area contributed by atoms with Gasteiger partial charge in [0.25, 0.3) is 0 Å².